The van der Waals surface area contributed by atoms with E-state index in [4.69, 9.17) is 0 Å². The summed E-state index contributed by atoms with van der Waals surface area (Å²) in [7, 11) is 2.00. The van der Waals surface area contributed by atoms with E-state index in [9.17, 15) is 0 Å². The largest absolute Gasteiger partial charge is 0.309 e. The summed E-state index contributed by atoms with van der Waals surface area (Å²) in [5.74, 6) is 0. The van der Waals surface area contributed by atoms with E-state index in [-0.39, 0.29) is 6.04 Å². The minimum atomic E-state index is 0.228. The average molecular weight is 240 g/mol. The standard InChI is InChI=1S/C16H20N2/c1-11-7-5-6-8-15(11)16(17-4)14-9-12(2)18-13(3)10-14/h5-10,16-17H,1-4H3. The molecule has 1 aromatic carbocycles. The van der Waals surface area contributed by atoms with Gasteiger partial charge >= 0.3 is 0 Å². The highest BCUT2D eigenvalue weighted by molar-refractivity contribution is 5.37. The van der Waals surface area contributed by atoms with E-state index in [1.165, 1.54) is 16.7 Å². The molecule has 18 heavy (non-hydrogen) atoms. The lowest BCUT2D eigenvalue weighted by atomic mass is 9.95. The zero-order chi connectivity index (χ0) is 13.1. The minimum absolute atomic E-state index is 0.228. The number of rotatable bonds is 3. The molecule has 0 aliphatic carbocycles. The van der Waals surface area contributed by atoms with Crippen LogP contribution in [-0.4, -0.2) is 12.0 Å². The predicted molar refractivity (Wildman–Crippen MR) is 75.8 cm³/mol. The van der Waals surface area contributed by atoms with Gasteiger partial charge in [-0.25, -0.2) is 0 Å². The van der Waals surface area contributed by atoms with Gasteiger partial charge in [0.15, 0.2) is 0 Å². The Morgan fingerprint density at radius 1 is 1.00 bits per heavy atom. The summed E-state index contributed by atoms with van der Waals surface area (Å²) in [5, 5.41) is 3.40. The molecule has 2 rings (SSSR count). The van der Waals surface area contributed by atoms with E-state index >= 15 is 0 Å². The van der Waals surface area contributed by atoms with E-state index in [0.29, 0.717) is 0 Å². The Morgan fingerprint density at radius 2 is 1.61 bits per heavy atom. The van der Waals surface area contributed by atoms with Gasteiger partial charge in [-0.05, 0) is 56.6 Å². The summed E-state index contributed by atoms with van der Waals surface area (Å²) in [6, 6.07) is 13.0. The van der Waals surface area contributed by atoms with Crippen molar-refractivity contribution in [2.75, 3.05) is 7.05 Å². The first-order valence-corrected chi connectivity index (χ1v) is 6.30. The van der Waals surface area contributed by atoms with Crippen LogP contribution >= 0.6 is 0 Å². The molecule has 0 saturated carbocycles. The highest BCUT2D eigenvalue weighted by atomic mass is 14.9. The smallest absolute Gasteiger partial charge is 0.0578 e. The Hall–Kier alpha value is -1.67. The van der Waals surface area contributed by atoms with Crippen LogP contribution < -0.4 is 5.32 Å². The van der Waals surface area contributed by atoms with E-state index < -0.39 is 0 Å². The third-order valence-electron chi connectivity index (χ3n) is 3.23. The number of aromatic nitrogens is 1. The van der Waals surface area contributed by atoms with Crippen LogP contribution in [0.5, 0.6) is 0 Å². The maximum atomic E-state index is 4.44. The van der Waals surface area contributed by atoms with Gasteiger partial charge < -0.3 is 5.32 Å². The van der Waals surface area contributed by atoms with E-state index in [0.717, 1.165) is 11.4 Å². The summed E-state index contributed by atoms with van der Waals surface area (Å²) < 4.78 is 0. The number of aryl methyl sites for hydroxylation is 3. The summed E-state index contributed by atoms with van der Waals surface area (Å²) in [6.07, 6.45) is 0. The molecular weight excluding hydrogens is 220 g/mol. The number of nitrogens with one attached hydrogen (secondary N) is 1. The normalized spacial score (nSPS) is 12.4. The maximum absolute atomic E-state index is 4.44. The Kier molecular flexibility index (Phi) is 3.78. The van der Waals surface area contributed by atoms with Crippen molar-refractivity contribution in [1.82, 2.24) is 10.3 Å². The molecule has 1 aromatic heterocycles. The molecular formula is C16H20N2. The van der Waals surface area contributed by atoms with Gasteiger partial charge in [-0.3, -0.25) is 4.98 Å². The van der Waals surface area contributed by atoms with Crippen molar-refractivity contribution in [2.45, 2.75) is 26.8 Å². The predicted octanol–water partition coefficient (Wildman–Crippen LogP) is 3.32. The molecule has 0 aliphatic rings. The Morgan fingerprint density at radius 3 is 2.17 bits per heavy atom. The lowest BCUT2D eigenvalue weighted by Crippen LogP contribution is -2.19. The molecule has 0 bridgehead atoms. The van der Waals surface area contributed by atoms with Crippen molar-refractivity contribution in [1.29, 1.82) is 0 Å². The van der Waals surface area contributed by atoms with Crippen molar-refractivity contribution >= 4 is 0 Å². The van der Waals surface area contributed by atoms with Crippen LogP contribution in [-0.2, 0) is 0 Å². The molecule has 1 heterocycles. The molecule has 94 valence electrons. The number of pyridine rings is 1. The molecule has 1 unspecified atom stereocenters. The molecule has 2 nitrogen and oxygen atoms in total. The van der Waals surface area contributed by atoms with Gasteiger partial charge in [0, 0.05) is 11.4 Å². The average Bonchev–Trinajstić information content (AvgIpc) is 2.31. The zero-order valence-corrected chi connectivity index (χ0v) is 11.5. The quantitative estimate of drug-likeness (QED) is 0.890. The van der Waals surface area contributed by atoms with Gasteiger partial charge in [0.25, 0.3) is 0 Å². The van der Waals surface area contributed by atoms with Crippen LogP contribution in [0.2, 0.25) is 0 Å². The third kappa shape index (κ3) is 2.59. The summed E-state index contributed by atoms with van der Waals surface area (Å²) in [6.45, 7) is 6.24. The number of nitrogens with zero attached hydrogens (tertiary/aromatic N) is 1. The van der Waals surface area contributed by atoms with E-state index in [2.05, 4.69) is 53.6 Å². The minimum Gasteiger partial charge on any atom is -0.309 e. The van der Waals surface area contributed by atoms with Gasteiger partial charge in [0.1, 0.15) is 0 Å². The fraction of sp³-hybridized carbons (Fsp3) is 0.312. The number of hydrogen-bond donors (Lipinski definition) is 1. The first-order valence-electron chi connectivity index (χ1n) is 6.30. The van der Waals surface area contributed by atoms with Crippen molar-refractivity contribution in [3.63, 3.8) is 0 Å². The molecule has 2 aromatic rings. The molecule has 0 saturated heterocycles. The molecule has 2 heteroatoms. The molecule has 0 fully saturated rings. The van der Waals surface area contributed by atoms with Crippen LogP contribution in [0.25, 0.3) is 0 Å². The van der Waals surface area contributed by atoms with Crippen molar-refractivity contribution < 1.29 is 0 Å². The summed E-state index contributed by atoms with van der Waals surface area (Å²) >= 11 is 0. The molecule has 0 aliphatic heterocycles. The molecule has 1 N–H and O–H groups in total. The van der Waals surface area contributed by atoms with Gasteiger partial charge in [-0.1, -0.05) is 24.3 Å². The van der Waals surface area contributed by atoms with Crippen LogP contribution in [0.4, 0.5) is 0 Å². The van der Waals surface area contributed by atoms with Crippen LogP contribution in [0, 0.1) is 20.8 Å². The van der Waals surface area contributed by atoms with Gasteiger partial charge in [-0.2, -0.15) is 0 Å². The van der Waals surface area contributed by atoms with Crippen molar-refractivity contribution in [3.05, 3.63) is 64.5 Å². The molecule has 1 atom stereocenters. The van der Waals surface area contributed by atoms with Gasteiger partial charge in [0.2, 0.25) is 0 Å². The van der Waals surface area contributed by atoms with Crippen LogP contribution in [0.3, 0.4) is 0 Å². The van der Waals surface area contributed by atoms with Crippen molar-refractivity contribution in [2.24, 2.45) is 0 Å². The monoisotopic (exact) mass is 240 g/mol. The van der Waals surface area contributed by atoms with Gasteiger partial charge in [0.05, 0.1) is 6.04 Å². The summed E-state index contributed by atoms with van der Waals surface area (Å²) in [5.41, 5.74) is 6.04. The second-order valence-corrected chi connectivity index (χ2v) is 4.76. The third-order valence-corrected chi connectivity index (χ3v) is 3.23. The Bertz CT molecular complexity index is 526. The molecule has 0 spiro atoms. The topological polar surface area (TPSA) is 24.9 Å². The van der Waals surface area contributed by atoms with Crippen molar-refractivity contribution in [3.8, 4) is 0 Å². The fourth-order valence-corrected chi connectivity index (χ4v) is 2.45. The van der Waals surface area contributed by atoms with Gasteiger partial charge in [-0.15, -0.1) is 0 Å². The fourth-order valence-electron chi connectivity index (χ4n) is 2.45. The van der Waals surface area contributed by atoms with Crippen LogP contribution in [0.15, 0.2) is 36.4 Å². The van der Waals surface area contributed by atoms with E-state index in [1.54, 1.807) is 0 Å². The van der Waals surface area contributed by atoms with E-state index in [1.807, 2.05) is 20.9 Å². The lowest BCUT2D eigenvalue weighted by Gasteiger charge is -2.20. The zero-order valence-electron chi connectivity index (χ0n) is 11.5. The second-order valence-electron chi connectivity index (χ2n) is 4.76. The SMILES string of the molecule is CNC(c1cc(C)nc(C)c1)c1ccccc1C. The second kappa shape index (κ2) is 5.32. The Balaban J connectivity index is 2.48. The molecule has 0 amide bonds. The lowest BCUT2D eigenvalue weighted by molar-refractivity contribution is 0.684. The molecule has 0 radical (unpaired) electrons. The van der Waals surface area contributed by atoms with Crippen LogP contribution in [0.1, 0.15) is 34.1 Å². The first-order chi connectivity index (χ1) is 8.61. The Labute approximate surface area is 109 Å². The number of hydrogen-bond acceptors (Lipinski definition) is 2. The highest BCUT2D eigenvalue weighted by Gasteiger charge is 2.14. The first kappa shape index (κ1) is 12.8. The highest BCUT2D eigenvalue weighted by Crippen LogP contribution is 2.25. The number of benzene rings is 1. The summed E-state index contributed by atoms with van der Waals surface area (Å²) in [4.78, 5) is 4.44. The maximum Gasteiger partial charge on any atom is 0.0578 e.